The van der Waals surface area contributed by atoms with Crippen molar-refractivity contribution in [2.24, 2.45) is 0 Å². The molecule has 0 aromatic heterocycles. The van der Waals surface area contributed by atoms with Crippen molar-refractivity contribution in [2.45, 2.75) is 18.5 Å². The molecule has 84 valence electrons. The molecule has 1 amide bonds. The minimum absolute atomic E-state index is 0.0221. The van der Waals surface area contributed by atoms with Gasteiger partial charge in [0, 0.05) is 6.54 Å². The van der Waals surface area contributed by atoms with Crippen LogP contribution in [0, 0.1) is 0 Å². The molecule has 2 saturated heterocycles. The third-order valence-corrected chi connectivity index (χ3v) is 2.96. The number of likely N-dealkylation sites (N-methyl/N-ethyl adjacent to an activating group) is 1. The molecule has 0 spiro atoms. The first-order valence-corrected chi connectivity index (χ1v) is 4.96. The normalized spacial score (nSPS) is 32.1. The molecule has 0 bridgehead atoms. The zero-order valence-electron chi connectivity index (χ0n) is 8.55. The molecule has 15 heavy (non-hydrogen) atoms. The quantitative estimate of drug-likeness (QED) is 0.677. The summed E-state index contributed by atoms with van der Waals surface area (Å²) >= 11 is 0. The van der Waals surface area contributed by atoms with Crippen LogP contribution in [-0.2, 0) is 9.53 Å². The van der Waals surface area contributed by atoms with Gasteiger partial charge >= 0.3 is 12.1 Å². The molecule has 2 rings (SSSR count). The number of carboxylic acid groups (broad SMARTS) is 1. The molecule has 0 aromatic rings. The average molecular weight is 214 g/mol. The van der Waals surface area contributed by atoms with E-state index in [-0.39, 0.29) is 12.6 Å². The fourth-order valence-electron chi connectivity index (χ4n) is 2.16. The Morgan fingerprint density at radius 2 is 2.33 bits per heavy atom. The summed E-state index contributed by atoms with van der Waals surface area (Å²) in [6.45, 7) is 1.58. The summed E-state index contributed by atoms with van der Waals surface area (Å²) in [6.07, 6.45) is 0.317. The Bertz CT molecular complexity index is 294. The maximum Gasteiger partial charge on any atom is 0.411 e. The van der Waals surface area contributed by atoms with Crippen LogP contribution in [0.3, 0.4) is 0 Å². The molecular weight excluding hydrogens is 200 g/mol. The highest BCUT2D eigenvalue weighted by Gasteiger charge is 2.43. The maximum atomic E-state index is 11.4. The molecule has 0 aromatic carbocycles. The maximum absolute atomic E-state index is 11.4. The van der Waals surface area contributed by atoms with E-state index in [9.17, 15) is 9.59 Å². The monoisotopic (exact) mass is 214 g/mol. The van der Waals surface area contributed by atoms with Gasteiger partial charge in [-0.1, -0.05) is 0 Å². The number of carbonyl (C=O) groups is 2. The lowest BCUT2D eigenvalue weighted by atomic mass is 10.2. The first kappa shape index (κ1) is 10.2. The Labute approximate surface area is 87.4 Å². The Morgan fingerprint density at radius 1 is 1.60 bits per heavy atom. The van der Waals surface area contributed by atoms with E-state index in [4.69, 9.17) is 9.84 Å². The van der Waals surface area contributed by atoms with Gasteiger partial charge in [-0.3, -0.25) is 4.90 Å². The lowest BCUT2D eigenvalue weighted by Crippen LogP contribution is -2.47. The van der Waals surface area contributed by atoms with E-state index in [0.29, 0.717) is 0 Å². The minimum atomic E-state index is -0.990. The van der Waals surface area contributed by atoms with Crippen molar-refractivity contribution >= 4 is 12.1 Å². The van der Waals surface area contributed by atoms with Gasteiger partial charge in [0.25, 0.3) is 0 Å². The third kappa shape index (κ3) is 1.77. The molecule has 0 saturated carbocycles. The van der Waals surface area contributed by atoms with Gasteiger partial charge in [-0.05, 0) is 20.0 Å². The van der Waals surface area contributed by atoms with Crippen LogP contribution in [0.25, 0.3) is 0 Å². The van der Waals surface area contributed by atoms with Gasteiger partial charge in [0.1, 0.15) is 6.61 Å². The van der Waals surface area contributed by atoms with Crippen LogP contribution in [0.5, 0.6) is 0 Å². The molecule has 2 unspecified atom stereocenters. The summed E-state index contributed by atoms with van der Waals surface area (Å²) in [4.78, 5) is 25.8. The first-order chi connectivity index (χ1) is 7.09. The van der Waals surface area contributed by atoms with Crippen LogP contribution in [0.4, 0.5) is 4.79 Å². The van der Waals surface area contributed by atoms with Gasteiger partial charge in [-0.25, -0.2) is 9.59 Å². The van der Waals surface area contributed by atoms with Crippen LogP contribution in [0.1, 0.15) is 6.42 Å². The predicted molar refractivity (Wildman–Crippen MR) is 50.5 cm³/mol. The number of likely N-dealkylation sites (tertiary alicyclic amines) is 1. The van der Waals surface area contributed by atoms with Gasteiger partial charge in [-0.2, -0.15) is 0 Å². The summed E-state index contributed by atoms with van der Waals surface area (Å²) in [6, 6.07) is -0.833. The highest BCUT2D eigenvalue weighted by Crippen LogP contribution is 2.22. The zero-order chi connectivity index (χ0) is 11.0. The van der Waals surface area contributed by atoms with Crippen molar-refractivity contribution in [1.82, 2.24) is 9.80 Å². The summed E-state index contributed by atoms with van der Waals surface area (Å²) in [5, 5.41) is 8.94. The Kier molecular flexibility index (Phi) is 2.52. The van der Waals surface area contributed by atoms with Crippen molar-refractivity contribution in [3.63, 3.8) is 0 Å². The van der Waals surface area contributed by atoms with Gasteiger partial charge < -0.3 is 14.7 Å². The smallest absolute Gasteiger partial charge is 0.411 e. The molecule has 2 atom stereocenters. The Hall–Kier alpha value is -1.30. The number of hydrogen-bond acceptors (Lipinski definition) is 4. The molecule has 2 aliphatic heterocycles. The number of rotatable bonds is 2. The van der Waals surface area contributed by atoms with E-state index in [2.05, 4.69) is 4.90 Å². The molecule has 0 radical (unpaired) electrons. The number of aliphatic carboxylic acids is 1. The van der Waals surface area contributed by atoms with Crippen LogP contribution >= 0.6 is 0 Å². The average Bonchev–Trinajstić information content (AvgIpc) is 2.71. The lowest BCUT2D eigenvalue weighted by Gasteiger charge is -2.24. The van der Waals surface area contributed by atoms with Crippen LogP contribution in [0.15, 0.2) is 0 Å². The standard InChI is InChI=1S/C9H14N2O4/c1-10-3-2-6(4-10)11-7(8(12)13)5-15-9(11)14/h6-7H,2-5H2,1H3,(H,12,13). The van der Waals surface area contributed by atoms with E-state index in [1.54, 1.807) is 0 Å². The van der Waals surface area contributed by atoms with E-state index >= 15 is 0 Å². The molecule has 2 heterocycles. The second kappa shape index (κ2) is 3.69. The largest absolute Gasteiger partial charge is 0.480 e. The van der Waals surface area contributed by atoms with Crippen molar-refractivity contribution in [1.29, 1.82) is 0 Å². The molecule has 0 aliphatic carbocycles. The molecule has 2 fully saturated rings. The number of hydrogen-bond donors (Lipinski definition) is 1. The molecule has 1 N–H and O–H groups in total. The van der Waals surface area contributed by atoms with Crippen LogP contribution < -0.4 is 0 Å². The lowest BCUT2D eigenvalue weighted by molar-refractivity contribution is -0.141. The highest BCUT2D eigenvalue weighted by molar-refractivity contribution is 5.83. The Balaban J connectivity index is 2.11. The van der Waals surface area contributed by atoms with E-state index in [1.807, 2.05) is 7.05 Å². The number of cyclic esters (lactones) is 1. The predicted octanol–water partition coefficient (Wildman–Crippen LogP) is -0.404. The number of carboxylic acids is 1. The number of nitrogens with zero attached hydrogens (tertiary/aromatic N) is 2. The van der Waals surface area contributed by atoms with Gasteiger partial charge in [-0.15, -0.1) is 0 Å². The molecule has 6 heteroatoms. The second-order valence-electron chi connectivity index (χ2n) is 4.04. The molecule has 6 nitrogen and oxygen atoms in total. The van der Waals surface area contributed by atoms with Crippen molar-refractivity contribution < 1.29 is 19.4 Å². The van der Waals surface area contributed by atoms with E-state index < -0.39 is 18.1 Å². The van der Waals surface area contributed by atoms with Gasteiger partial charge in [0.05, 0.1) is 6.04 Å². The summed E-state index contributed by atoms with van der Waals surface area (Å²) in [5.74, 6) is -0.990. The minimum Gasteiger partial charge on any atom is -0.480 e. The van der Waals surface area contributed by atoms with Gasteiger partial charge in [0.2, 0.25) is 0 Å². The SMILES string of the molecule is CN1CCC(N2C(=O)OCC2C(=O)O)C1. The first-order valence-electron chi connectivity index (χ1n) is 4.96. The summed E-state index contributed by atoms with van der Waals surface area (Å²) in [7, 11) is 1.96. The van der Waals surface area contributed by atoms with Crippen molar-refractivity contribution in [3.05, 3.63) is 0 Å². The summed E-state index contributed by atoms with van der Waals surface area (Å²) in [5.41, 5.74) is 0. The zero-order valence-corrected chi connectivity index (χ0v) is 8.55. The fraction of sp³-hybridized carbons (Fsp3) is 0.778. The van der Waals surface area contributed by atoms with E-state index in [0.717, 1.165) is 19.5 Å². The third-order valence-electron chi connectivity index (χ3n) is 2.96. The number of ether oxygens (including phenoxy) is 1. The van der Waals surface area contributed by atoms with E-state index in [1.165, 1.54) is 4.90 Å². The fourth-order valence-corrected chi connectivity index (χ4v) is 2.16. The second-order valence-corrected chi connectivity index (χ2v) is 4.04. The topological polar surface area (TPSA) is 70.1 Å². The molecule has 2 aliphatic rings. The van der Waals surface area contributed by atoms with Crippen molar-refractivity contribution in [2.75, 3.05) is 26.7 Å². The van der Waals surface area contributed by atoms with Crippen LogP contribution in [0.2, 0.25) is 0 Å². The number of amides is 1. The molecular formula is C9H14N2O4. The highest BCUT2D eigenvalue weighted by atomic mass is 16.6. The summed E-state index contributed by atoms with van der Waals surface area (Å²) < 4.78 is 4.77. The van der Waals surface area contributed by atoms with Gasteiger partial charge in [0.15, 0.2) is 6.04 Å². The van der Waals surface area contributed by atoms with Crippen molar-refractivity contribution in [3.8, 4) is 0 Å². The Morgan fingerprint density at radius 3 is 2.87 bits per heavy atom. The van der Waals surface area contributed by atoms with Crippen LogP contribution in [-0.4, -0.2) is 65.8 Å². The number of carbonyl (C=O) groups excluding carboxylic acids is 1.